The highest BCUT2D eigenvalue weighted by atomic mass is 16.5. The molecule has 1 aromatic rings. The van der Waals surface area contributed by atoms with Crippen molar-refractivity contribution in [2.45, 2.75) is 40.5 Å². The third-order valence-corrected chi connectivity index (χ3v) is 4.27. The van der Waals surface area contributed by atoms with Crippen molar-refractivity contribution in [3.05, 3.63) is 78.7 Å². The molecule has 1 unspecified atom stereocenters. The van der Waals surface area contributed by atoms with Crippen LogP contribution in [0.25, 0.3) is 0 Å². The number of hydrogen-bond acceptors (Lipinski definition) is 5. The van der Waals surface area contributed by atoms with E-state index in [1.807, 2.05) is 50.1 Å². The fourth-order valence-corrected chi connectivity index (χ4v) is 2.75. The standard InChI is InChI=1S/C20H31N3O.C4H8O.C2H6/c1-5-8-16-10-11-20(24-4)18(12-16)13-17(9-6-2)19(22)14-23(7-3)15-21;1-3-4-5-2;1-2/h5-6,9-12,14,17H,1,7-8,13,15,21-22H2,2-4H3;3H,1,4H2,2H3;1-2H3/b9-6+,19-14-;;. The zero-order chi connectivity index (χ0) is 24.1. The van der Waals surface area contributed by atoms with Crippen LogP contribution in [-0.2, 0) is 17.6 Å². The minimum absolute atomic E-state index is 0.100. The highest BCUT2D eigenvalue weighted by molar-refractivity contribution is 5.39. The Kier molecular flexibility index (Phi) is 20.6. The van der Waals surface area contributed by atoms with Crippen molar-refractivity contribution in [1.82, 2.24) is 4.90 Å². The van der Waals surface area contributed by atoms with E-state index in [-0.39, 0.29) is 5.92 Å². The van der Waals surface area contributed by atoms with Gasteiger partial charge in [-0.2, -0.15) is 0 Å². The van der Waals surface area contributed by atoms with Crippen molar-refractivity contribution in [3.63, 3.8) is 0 Å². The van der Waals surface area contributed by atoms with Gasteiger partial charge in [0.05, 0.1) is 20.4 Å². The Morgan fingerprint density at radius 2 is 1.87 bits per heavy atom. The summed E-state index contributed by atoms with van der Waals surface area (Å²) in [5.74, 6) is 0.986. The second-order valence-corrected chi connectivity index (χ2v) is 6.44. The molecule has 0 aliphatic rings. The lowest BCUT2D eigenvalue weighted by molar-refractivity contribution is 0.234. The molecule has 176 valence electrons. The maximum Gasteiger partial charge on any atom is 0.122 e. The SMILES string of the molecule is C=CCOC.C=CCc1ccc(OC)c(CC(/C=C/C)/C(N)=C/N(CC)CN)c1.CC. The smallest absolute Gasteiger partial charge is 0.122 e. The Morgan fingerprint density at radius 1 is 1.19 bits per heavy atom. The van der Waals surface area contributed by atoms with Gasteiger partial charge in [0, 0.05) is 31.5 Å². The average Bonchev–Trinajstić information content (AvgIpc) is 2.79. The van der Waals surface area contributed by atoms with E-state index in [0.29, 0.717) is 13.3 Å². The van der Waals surface area contributed by atoms with Gasteiger partial charge in [0.2, 0.25) is 0 Å². The van der Waals surface area contributed by atoms with Crippen LogP contribution in [0.1, 0.15) is 38.8 Å². The van der Waals surface area contributed by atoms with Gasteiger partial charge in [-0.05, 0) is 43.9 Å². The van der Waals surface area contributed by atoms with Gasteiger partial charge in [-0.3, -0.25) is 0 Å². The number of benzene rings is 1. The molecule has 1 aromatic carbocycles. The van der Waals surface area contributed by atoms with E-state index in [1.165, 1.54) is 5.56 Å². The lowest BCUT2D eigenvalue weighted by atomic mass is 9.94. The van der Waals surface area contributed by atoms with Crippen molar-refractivity contribution in [2.24, 2.45) is 17.4 Å². The normalized spacial score (nSPS) is 11.5. The highest BCUT2D eigenvalue weighted by Crippen LogP contribution is 2.26. The first kappa shape index (κ1) is 30.7. The summed E-state index contributed by atoms with van der Waals surface area (Å²) in [6, 6.07) is 6.25. The quantitative estimate of drug-likeness (QED) is 0.358. The third-order valence-electron chi connectivity index (χ3n) is 4.27. The number of rotatable bonds is 12. The van der Waals surface area contributed by atoms with Crippen LogP contribution in [-0.4, -0.2) is 38.9 Å². The van der Waals surface area contributed by atoms with E-state index in [4.69, 9.17) is 16.2 Å². The molecule has 1 rings (SSSR count). The largest absolute Gasteiger partial charge is 0.496 e. The lowest BCUT2D eigenvalue weighted by Gasteiger charge is -2.21. The summed E-state index contributed by atoms with van der Waals surface area (Å²) in [4.78, 5) is 2.00. The van der Waals surface area contributed by atoms with Gasteiger partial charge < -0.3 is 25.8 Å². The van der Waals surface area contributed by atoms with Crippen molar-refractivity contribution in [3.8, 4) is 5.75 Å². The van der Waals surface area contributed by atoms with Gasteiger partial charge in [0.15, 0.2) is 0 Å². The summed E-state index contributed by atoms with van der Waals surface area (Å²) < 4.78 is 10.1. The number of nitrogens with two attached hydrogens (primary N) is 2. The molecule has 0 aliphatic carbocycles. The Labute approximate surface area is 191 Å². The summed E-state index contributed by atoms with van der Waals surface area (Å²) in [7, 11) is 3.34. The zero-order valence-corrected chi connectivity index (χ0v) is 20.6. The summed E-state index contributed by atoms with van der Waals surface area (Å²) in [5, 5.41) is 0. The molecule has 5 nitrogen and oxygen atoms in total. The zero-order valence-electron chi connectivity index (χ0n) is 20.6. The van der Waals surface area contributed by atoms with Crippen molar-refractivity contribution >= 4 is 0 Å². The first-order valence-electron chi connectivity index (χ1n) is 10.9. The Bertz CT molecular complexity index is 650. The van der Waals surface area contributed by atoms with E-state index in [2.05, 4.69) is 43.0 Å². The minimum Gasteiger partial charge on any atom is -0.496 e. The number of ether oxygens (including phenoxy) is 2. The van der Waals surface area contributed by atoms with Crippen molar-refractivity contribution in [2.75, 3.05) is 34.0 Å². The van der Waals surface area contributed by atoms with Gasteiger partial charge in [-0.15, -0.1) is 13.2 Å². The Balaban J connectivity index is 0. The van der Waals surface area contributed by atoms with E-state index in [1.54, 1.807) is 20.3 Å². The fraction of sp³-hybridized carbons (Fsp3) is 0.462. The van der Waals surface area contributed by atoms with Crippen LogP contribution in [0.2, 0.25) is 0 Å². The molecule has 0 spiro atoms. The van der Waals surface area contributed by atoms with E-state index < -0.39 is 0 Å². The van der Waals surface area contributed by atoms with Crippen molar-refractivity contribution in [1.29, 1.82) is 0 Å². The topological polar surface area (TPSA) is 73.7 Å². The van der Waals surface area contributed by atoms with Crippen LogP contribution >= 0.6 is 0 Å². The average molecular weight is 432 g/mol. The monoisotopic (exact) mass is 431 g/mol. The summed E-state index contributed by atoms with van der Waals surface area (Å²) in [6.45, 7) is 17.2. The van der Waals surface area contributed by atoms with E-state index in [0.717, 1.165) is 36.4 Å². The summed E-state index contributed by atoms with van der Waals surface area (Å²) in [6.07, 6.45) is 11.3. The van der Waals surface area contributed by atoms with Crippen LogP contribution in [0.5, 0.6) is 5.75 Å². The number of methoxy groups -OCH3 is 2. The first-order valence-corrected chi connectivity index (χ1v) is 10.9. The highest BCUT2D eigenvalue weighted by Gasteiger charge is 2.14. The van der Waals surface area contributed by atoms with Crippen LogP contribution in [0, 0.1) is 5.92 Å². The minimum atomic E-state index is 0.100. The molecule has 0 aliphatic heterocycles. The molecule has 0 aromatic heterocycles. The molecule has 4 N–H and O–H groups in total. The molecule has 0 fully saturated rings. The molecule has 0 bridgehead atoms. The Morgan fingerprint density at radius 3 is 2.29 bits per heavy atom. The molecular weight excluding hydrogens is 386 g/mol. The molecule has 1 atom stereocenters. The molecule has 5 heteroatoms. The lowest BCUT2D eigenvalue weighted by Crippen LogP contribution is -2.27. The summed E-state index contributed by atoms with van der Waals surface area (Å²) in [5.41, 5.74) is 15.3. The second-order valence-electron chi connectivity index (χ2n) is 6.44. The molecule has 0 saturated heterocycles. The van der Waals surface area contributed by atoms with Crippen molar-refractivity contribution < 1.29 is 9.47 Å². The maximum absolute atomic E-state index is 6.35. The molecule has 0 saturated carbocycles. The van der Waals surface area contributed by atoms with Crippen LogP contribution < -0.4 is 16.2 Å². The predicted octanol–water partition coefficient (Wildman–Crippen LogP) is 5.04. The predicted molar refractivity (Wildman–Crippen MR) is 136 cm³/mol. The van der Waals surface area contributed by atoms with Crippen LogP contribution in [0.15, 0.2) is 67.6 Å². The number of allylic oxidation sites excluding steroid dienone is 3. The van der Waals surface area contributed by atoms with E-state index in [9.17, 15) is 0 Å². The first-order chi connectivity index (χ1) is 15.0. The van der Waals surface area contributed by atoms with Crippen LogP contribution in [0.4, 0.5) is 0 Å². The Hall–Kier alpha value is -2.50. The number of nitrogens with zero attached hydrogens (tertiary/aromatic N) is 1. The van der Waals surface area contributed by atoms with Gasteiger partial charge in [-0.25, -0.2) is 0 Å². The summed E-state index contributed by atoms with van der Waals surface area (Å²) >= 11 is 0. The van der Waals surface area contributed by atoms with Gasteiger partial charge >= 0.3 is 0 Å². The molecule has 0 amide bonds. The molecule has 0 heterocycles. The second kappa shape index (κ2) is 20.8. The van der Waals surface area contributed by atoms with Gasteiger partial charge in [0.1, 0.15) is 5.75 Å². The van der Waals surface area contributed by atoms with Gasteiger partial charge in [-0.1, -0.05) is 50.3 Å². The van der Waals surface area contributed by atoms with Gasteiger partial charge in [0.25, 0.3) is 0 Å². The van der Waals surface area contributed by atoms with Crippen LogP contribution in [0.3, 0.4) is 0 Å². The fourth-order valence-electron chi connectivity index (χ4n) is 2.75. The molecular formula is C26H45N3O2. The molecule has 0 radical (unpaired) electrons. The number of hydrogen-bond donors (Lipinski definition) is 2. The van der Waals surface area contributed by atoms with E-state index >= 15 is 0 Å². The maximum atomic E-state index is 6.35. The molecule has 31 heavy (non-hydrogen) atoms. The third kappa shape index (κ3) is 13.4.